The number of aryl methyl sites for hydroxylation is 2. The predicted molar refractivity (Wildman–Crippen MR) is 80.4 cm³/mol. The lowest BCUT2D eigenvalue weighted by Gasteiger charge is -2.07. The topological polar surface area (TPSA) is 77.6 Å². The van der Waals surface area contributed by atoms with Crippen LogP contribution in [0.4, 0.5) is 0 Å². The van der Waals surface area contributed by atoms with Crippen molar-refractivity contribution in [3.63, 3.8) is 0 Å². The fourth-order valence-electron chi connectivity index (χ4n) is 2.59. The molecule has 0 radical (unpaired) electrons. The average Bonchev–Trinajstić information content (AvgIpc) is 3.06. The Morgan fingerprint density at radius 1 is 1.19 bits per heavy atom. The molecule has 0 aromatic carbocycles. The number of nitrogens with one attached hydrogen (secondary N) is 1. The van der Waals surface area contributed by atoms with Crippen molar-refractivity contribution in [2.75, 3.05) is 0 Å². The fraction of sp³-hybridized carbons (Fsp3) is 0.357. The van der Waals surface area contributed by atoms with Gasteiger partial charge >= 0.3 is 5.69 Å². The number of hydrogen-bond donors (Lipinski definition) is 1. The molecule has 0 unspecified atom stereocenters. The van der Waals surface area contributed by atoms with E-state index in [-0.39, 0.29) is 11.2 Å². The van der Waals surface area contributed by atoms with Gasteiger partial charge < -0.3 is 4.98 Å². The van der Waals surface area contributed by atoms with Crippen molar-refractivity contribution in [1.29, 1.82) is 0 Å². The first kappa shape index (κ1) is 13.4. The summed E-state index contributed by atoms with van der Waals surface area (Å²) in [5, 5.41) is 4.12. The number of rotatable bonds is 3. The van der Waals surface area contributed by atoms with Gasteiger partial charge in [-0.25, -0.2) is 4.79 Å². The molecule has 3 aromatic rings. The van der Waals surface area contributed by atoms with Gasteiger partial charge in [0.15, 0.2) is 0 Å². The minimum absolute atomic E-state index is 0.269. The summed E-state index contributed by atoms with van der Waals surface area (Å²) in [5.41, 5.74) is 2.21. The number of hydrogen-bond acceptors (Lipinski definition) is 3. The van der Waals surface area contributed by atoms with Crippen LogP contribution in [0.3, 0.4) is 0 Å². The zero-order valence-electron chi connectivity index (χ0n) is 12.3. The summed E-state index contributed by atoms with van der Waals surface area (Å²) < 4.78 is 4.55. The number of nitrogens with zero attached hydrogens (tertiary/aromatic N) is 4. The highest BCUT2D eigenvalue weighted by Gasteiger charge is 2.15. The second-order valence-corrected chi connectivity index (χ2v) is 4.92. The van der Waals surface area contributed by atoms with Crippen molar-refractivity contribution in [2.45, 2.75) is 26.9 Å². The van der Waals surface area contributed by atoms with Crippen LogP contribution in [-0.2, 0) is 20.1 Å². The average molecular weight is 287 g/mol. The van der Waals surface area contributed by atoms with Crippen LogP contribution in [0.15, 0.2) is 28.0 Å². The van der Waals surface area contributed by atoms with E-state index in [0.717, 1.165) is 11.3 Å². The Bertz CT molecular complexity index is 925. The Kier molecular flexibility index (Phi) is 3.04. The summed E-state index contributed by atoms with van der Waals surface area (Å²) in [6, 6.07) is 1.83. The van der Waals surface area contributed by atoms with E-state index < -0.39 is 0 Å². The fourth-order valence-corrected chi connectivity index (χ4v) is 2.59. The third-order valence-electron chi connectivity index (χ3n) is 3.66. The molecule has 0 amide bonds. The second kappa shape index (κ2) is 4.76. The molecule has 0 aliphatic rings. The van der Waals surface area contributed by atoms with Crippen molar-refractivity contribution in [2.24, 2.45) is 7.05 Å². The van der Waals surface area contributed by atoms with Crippen LogP contribution in [0.5, 0.6) is 0 Å². The first-order valence-corrected chi connectivity index (χ1v) is 6.92. The number of fused-ring (bicyclic) bond motifs is 1. The summed E-state index contributed by atoms with van der Waals surface area (Å²) in [6.07, 6.45) is 3.58. The van der Waals surface area contributed by atoms with Gasteiger partial charge in [0.05, 0.1) is 17.4 Å². The highest BCUT2D eigenvalue weighted by molar-refractivity contribution is 5.82. The van der Waals surface area contributed by atoms with Gasteiger partial charge in [-0.1, -0.05) is 0 Å². The van der Waals surface area contributed by atoms with Crippen LogP contribution in [0.25, 0.3) is 22.3 Å². The van der Waals surface area contributed by atoms with E-state index in [9.17, 15) is 9.59 Å². The lowest BCUT2D eigenvalue weighted by atomic mass is 10.2. The lowest BCUT2D eigenvalue weighted by molar-refractivity contribution is 0.608. The molecule has 3 aromatic heterocycles. The number of aromatic amines is 1. The maximum absolute atomic E-state index is 12.4. The molecule has 0 fully saturated rings. The molecule has 110 valence electrons. The van der Waals surface area contributed by atoms with Gasteiger partial charge in [0, 0.05) is 31.9 Å². The van der Waals surface area contributed by atoms with Crippen molar-refractivity contribution >= 4 is 11.0 Å². The normalized spacial score (nSPS) is 11.4. The van der Waals surface area contributed by atoms with Crippen LogP contribution in [0.2, 0.25) is 0 Å². The van der Waals surface area contributed by atoms with Crippen LogP contribution >= 0.6 is 0 Å². The Balaban J connectivity index is 2.38. The highest BCUT2D eigenvalue weighted by Crippen LogP contribution is 2.21. The quantitative estimate of drug-likeness (QED) is 0.778. The standard InChI is InChI=1S/C14H17N5O2/c1-4-18-11-6-10(9-7-15-17(3)8-9)16-12(11)13(20)19(5-2)14(18)21/h6-8,16H,4-5H2,1-3H3. The van der Waals surface area contributed by atoms with Crippen LogP contribution in [0.1, 0.15) is 13.8 Å². The maximum atomic E-state index is 12.4. The highest BCUT2D eigenvalue weighted by atomic mass is 16.2. The van der Waals surface area contributed by atoms with Crippen LogP contribution in [-0.4, -0.2) is 23.9 Å². The van der Waals surface area contributed by atoms with E-state index in [2.05, 4.69) is 10.1 Å². The van der Waals surface area contributed by atoms with E-state index >= 15 is 0 Å². The van der Waals surface area contributed by atoms with Gasteiger partial charge in [0.25, 0.3) is 5.56 Å². The molecule has 7 nitrogen and oxygen atoms in total. The SMILES string of the molecule is CCn1c(=O)c2[nH]c(-c3cnn(C)c3)cc2n(CC)c1=O. The Morgan fingerprint density at radius 2 is 1.90 bits per heavy atom. The van der Waals surface area contributed by atoms with E-state index in [4.69, 9.17) is 0 Å². The van der Waals surface area contributed by atoms with E-state index in [1.54, 1.807) is 22.4 Å². The minimum Gasteiger partial charge on any atom is -0.349 e. The second-order valence-electron chi connectivity index (χ2n) is 4.92. The summed E-state index contributed by atoms with van der Waals surface area (Å²) in [4.78, 5) is 27.8. The van der Waals surface area contributed by atoms with Gasteiger partial charge in [0.2, 0.25) is 0 Å². The van der Waals surface area contributed by atoms with Gasteiger partial charge in [0.1, 0.15) is 5.52 Å². The Hall–Kier alpha value is -2.57. The number of aromatic nitrogens is 5. The molecule has 0 aliphatic carbocycles. The largest absolute Gasteiger partial charge is 0.349 e. The molecule has 7 heteroatoms. The number of H-pyrrole nitrogens is 1. The molecule has 3 heterocycles. The molecule has 3 rings (SSSR count). The molecule has 0 saturated heterocycles. The monoisotopic (exact) mass is 287 g/mol. The van der Waals surface area contributed by atoms with Gasteiger partial charge in [-0.3, -0.25) is 18.6 Å². The first-order valence-electron chi connectivity index (χ1n) is 6.92. The molecule has 0 bridgehead atoms. The van der Waals surface area contributed by atoms with Crippen molar-refractivity contribution < 1.29 is 0 Å². The minimum atomic E-state index is -0.280. The zero-order chi connectivity index (χ0) is 15.1. The van der Waals surface area contributed by atoms with Crippen molar-refractivity contribution in [1.82, 2.24) is 23.9 Å². The summed E-state index contributed by atoms with van der Waals surface area (Å²) >= 11 is 0. The Morgan fingerprint density at radius 3 is 2.48 bits per heavy atom. The first-order chi connectivity index (χ1) is 10.1. The van der Waals surface area contributed by atoms with Gasteiger partial charge in [-0.15, -0.1) is 0 Å². The smallest absolute Gasteiger partial charge is 0.331 e. The van der Waals surface area contributed by atoms with E-state index in [1.807, 2.05) is 26.2 Å². The zero-order valence-corrected chi connectivity index (χ0v) is 12.3. The molecule has 21 heavy (non-hydrogen) atoms. The Labute approximate surface area is 120 Å². The van der Waals surface area contributed by atoms with Crippen molar-refractivity contribution in [3.05, 3.63) is 39.3 Å². The van der Waals surface area contributed by atoms with Crippen LogP contribution in [0, 0.1) is 0 Å². The molecule has 1 N–H and O–H groups in total. The molecule has 0 spiro atoms. The van der Waals surface area contributed by atoms with E-state index in [1.165, 1.54) is 4.57 Å². The summed E-state index contributed by atoms with van der Waals surface area (Å²) in [5.74, 6) is 0. The lowest BCUT2D eigenvalue weighted by Crippen LogP contribution is -2.39. The third kappa shape index (κ3) is 1.93. The molecule has 0 aliphatic heterocycles. The molecular weight excluding hydrogens is 270 g/mol. The molecular formula is C14H17N5O2. The van der Waals surface area contributed by atoms with Crippen molar-refractivity contribution in [3.8, 4) is 11.3 Å². The van der Waals surface area contributed by atoms with Crippen LogP contribution < -0.4 is 11.2 Å². The molecule has 0 atom stereocenters. The third-order valence-corrected chi connectivity index (χ3v) is 3.66. The predicted octanol–water partition coefficient (Wildman–Crippen LogP) is 0.932. The van der Waals surface area contributed by atoms with E-state index in [0.29, 0.717) is 24.1 Å². The maximum Gasteiger partial charge on any atom is 0.331 e. The van der Waals surface area contributed by atoms with Gasteiger partial charge in [-0.05, 0) is 19.9 Å². The summed E-state index contributed by atoms with van der Waals surface area (Å²) in [6.45, 7) is 4.55. The molecule has 0 saturated carbocycles. The van der Waals surface area contributed by atoms with Gasteiger partial charge in [-0.2, -0.15) is 5.10 Å². The summed E-state index contributed by atoms with van der Waals surface area (Å²) in [7, 11) is 1.83.